The number of hydrogen-bond donors (Lipinski definition) is 1. The Labute approximate surface area is 128 Å². The highest BCUT2D eigenvalue weighted by Crippen LogP contribution is 2.22. The Morgan fingerprint density at radius 1 is 1.41 bits per heavy atom. The van der Waals surface area contributed by atoms with Crippen molar-refractivity contribution in [1.82, 2.24) is 9.47 Å². The third kappa shape index (κ3) is 3.01. The summed E-state index contributed by atoms with van der Waals surface area (Å²) in [5.41, 5.74) is 1.78. The number of carbonyl (C=O) groups excluding carboxylic acids is 1. The van der Waals surface area contributed by atoms with Crippen molar-refractivity contribution < 1.29 is 23.8 Å². The molecule has 7 heteroatoms. The summed E-state index contributed by atoms with van der Waals surface area (Å²) in [4.78, 5) is 14.0. The van der Waals surface area contributed by atoms with E-state index in [1.54, 1.807) is 23.0 Å². The lowest BCUT2D eigenvalue weighted by atomic mass is 10.3. The number of carbonyl (C=O) groups is 1. The van der Waals surface area contributed by atoms with Gasteiger partial charge in [0.2, 0.25) is 0 Å². The predicted octanol–water partition coefficient (Wildman–Crippen LogP) is 0.714. The first-order chi connectivity index (χ1) is 10.7. The molecule has 22 heavy (non-hydrogen) atoms. The van der Waals surface area contributed by atoms with Gasteiger partial charge in [-0.1, -0.05) is 0 Å². The first-order valence-electron chi connectivity index (χ1n) is 7.32. The molecule has 0 amide bonds. The lowest BCUT2D eigenvalue weighted by molar-refractivity contribution is 0.0115. The van der Waals surface area contributed by atoms with Crippen LogP contribution >= 0.6 is 0 Å². The standard InChI is InChI=1S/C15H20N2O5/c1-20-15(19)13-8-14-12(2-5-22-14)17(13)10-11(18)9-16-3-6-21-7-4-16/h2,5,8,11,18H,3-4,6-7,9-10H2,1H3. The first kappa shape index (κ1) is 15.1. The van der Waals surface area contributed by atoms with Crippen LogP contribution in [-0.4, -0.2) is 66.6 Å². The fourth-order valence-corrected chi connectivity index (χ4v) is 2.80. The Morgan fingerprint density at radius 2 is 2.18 bits per heavy atom. The molecule has 3 heterocycles. The van der Waals surface area contributed by atoms with Gasteiger partial charge in [-0.05, 0) is 0 Å². The van der Waals surface area contributed by atoms with Crippen molar-refractivity contribution in [3.05, 3.63) is 24.1 Å². The number of fused-ring (bicyclic) bond motifs is 1. The maximum Gasteiger partial charge on any atom is 0.354 e. The minimum atomic E-state index is -0.591. The van der Waals surface area contributed by atoms with Crippen LogP contribution in [0.1, 0.15) is 10.5 Å². The Bertz CT molecular complexity index is 641. The quantitative estimate of drug-likeness (QED) is 0.820. The SMILES string of the molecule is COC(=O)c1cc2occc2n1CC(O)CN1CCOCC1. The van der Waals surface area contributed by atoms with Crippen LogP contribution in [0.2, 0.25) is 0 Å². The third-order valence-corrected chi connectivity index (χ3v) is 3.88. The van der Waals surface area contributed by atoms with Crippen LogP contribution in [0.5, 0.6) is 0 Å². The molecular formula is C15H20N2O5. The van der Waals surface area contributed by atoms with Gasteiger partial charge in [0.15, 0.2) is 5.58 Å². The highest BCUT2D eigenvalue weighted by Gasteiger charge is 2.21. The molecule has 1 aliphatic rings. The third-order valence-electron chi connectivity index (χ3n) is 3.88. The summed E-state index contributed by atoms with van der Waals surface area (Å²) in [5.74, 6) is -0.440. The molecule has 1 fully saturated rings. The lowest BCUT2D eigenvalue weighted by Crippen LogP contribution is -2.42. The van der Waals surface area contributed by atoms with E-state index in [-0.39, 0.29) is 0 Å². The number of morpholine rings is 1. The van der Waals surface area contributed by atoms with Gasteiger partial charge < -0.3 is 23.6 Å². The van der Waals surface area contributed by atoms with Crippen molar-refractivity contribution in [2.45, 2.75) is 12.6 Å². The number of furan rings is 1. The summed E-state index contributed by atoms with van der Waals surface area (Å²) in [6.07, 6.45) is 0.975. The Kier molecular flexibility index (Phi) is 4.47. The van der Waals surface area contributed by atoms with E-state index in [9.17, 15) is 9.90 Å². The smallest absolute Gasteiger partial charge is 0.354 e. The minimum Gasteiger partial charge on any atom is -0.464 e. The highest BCUT2D eigenvalue weighted by molar-refractivity contribution is 5.93. The number of aliphatic hydroxyl groups excluding tert-OH is 1. The van der Waals surface area contributed by atoms with E-state index in [1.807, 2.05) is 0 Å². The zero-order chi connectivity index (χ0) is 15.5. The Morgan fingerprint density at radius 3 is 2.91 bits per heavy atom. The fourth-order valence-electron chi connectivity index (χ4n) is 2.80. The van der Waals surface area contributed by atoms with Crippen molar-refractivity contribution >= 4 is 17.1 Å². The van der Waals surface area contributed by atoms with Crippen molar-refractivity contribution in [3.63, 3.8) is 0 Å². The van der Waals surface area contributed by atoms with E-state index in [4.69, 9.17) is 13.9 Å². The molecule has 1 saturated heterocycles. The fraction of sp³-hybridized carbons (Fsp3) is 0.533. The predicted molar refractivity (Wildman–Crippen MR) is 78.8 cm³/mol. The molecule has 2 aromatic heterocycles. The van der Waals surface area contributed by atoms with Gasteiger partial charge in [0.25, 0.3) is 0 Å². The van der Waals surface area contributed by atoms with Gasteiger partial charge in [0, 0.05) is 31.8 Å². The Hall–Kier alpha value is -1.83. The number of aromatic nitrogens is 1. The van der Waals surface area contributed by atoms with Gasteiger partial charge in [0.1, 0.15) is 5.69 Å². The molecular weight excluding hydrogens is 288 g/mol. The van der Waals surface area contributed by atoms with E-state index in [1.165, 1.54) is 7.11 Å². The van der Waals surface area contributed by atoms with E-state index in [0.717, 1.165) is 18.6 Å². The van der Waals surface area contributed by atoms with E-state index in [2.05, 4.69) is 4.90 Å². The molecule has 1 aliphatic heterocycles. The molecule has 3 rings (SSSR count). The minimum absolute atomic E-state index is 0.310. The van der Waals surface area contributed by atoms with Gasteiger partial charge >= 0.3 is 5.97 Å². The maximum atomic E-state index is 11.9. The molecule has 1 atom stereocenters. The summed E-state index contributed by atoms with van der Waals surface area (Å²) in [5, 5.41) is 10.4. The van der Waals surface area contributed by atoms with Gasteiger partial charge in [-0.3, -0.25) is 4.90 Å². The highest BCUT2D eigenvalue weighted by atomic mass is 16.5. The summed E-state index contributed by atoms with van der Waals surface area (Å²) < 4.78 is 17.2. The molecule has 0 spiro atoms. The van der Waals surface area contributed by atoms with Gasteiger partial charge in [0.05, 0.1) is 44.8 Å². The number of nitrogens with zero attached hydrogens (tertiary/aromatic N) is 2. The molecule has 1 N–H and O–H groups in total. The van der Waals surface area contributed by atoms with Crippen molar-refractivity contribution in [1.29, 1.82) is 0 Å². The zero-order valence-electron chi connectivity index (χ0n) is 12.5. The number of β-amino-alcohol motifs (C(OH)–C–C–N with tert-alkyl or cyclic N) is 1. The van der Waals surface area contributed by atoms with Crippen LogP contribution in [0.15, 0.2) is 22.8 Å². The average Bonchev–Trinajstić information content (AvgIpc) is 3.10. The second kappa shape index (κ2) is 6.51. The van der Waals surface area contributed by atoms with Crippen LogP contribution in [0, 0.1) is 0 Å². The average molecular weight is 308 g/mol. The van der Waals surface area contributed by atoms with Crippen molar-refractivity contribution in [3.8, 4) is 0 Å². The van der Waals surface area contributed by atoms with Crippen LogP contribution in [0.4, 0.5) is 0 Å². The first-order valence-corrected chi connectivity index (χ1v) is 7.32. The second-order valence-corrected chi connectivity index (χ2v) is 5.37. The van der Waals surface area contributed by atoms with Crippen LogP contribution in [-0.2, 0) is 16.0 Å². The van der Waals surface area contributed by atoms with Crippen LogP contribution < -0.4 is 0 Å². The number of ether oxygens (including phenoxy) is 2. The molecule has 0 bridgehead atoms. The normalized spacial score (nSPS) is 17.7. The van der Waals surface area contributed by atoms with Gasteiger partial charge in [-0.15, -0.1) is 0 Å². The van der Waals surface area contributed by atoms with Gasteiger partial charge in [-0.25, -0.2) is 4.79 Å². The zero-order valence-corrected chi connectivity index (χ0v) is 12.5. The summed E-state index contributed by atoms with van der Waals surface area (Å²) in [6, 6.07) is 3.42. The van der Waals surface area contributed by atoms with Crippen molar-refractivity contribution in [2.24, 2.45) is 0 Å². The van der Waals surface area contributed by atoms with Crippen LogP contribution in [0.25, 0.3) is 11.1 Å². The number of methoxy groups -OCH3 is 1. The molecule has 7 nitrogen and oxygen atoms in total. The largest absolute Gasteiger partial charge is 0.464 e. The maximum absolute atomic E-state index is 11.9. The summed E-state index contributed by atoms with van der Waals surface area (Å²) in [7, 11) is 1.34. The monoisotopic (exact) mass is 308 g/mol. The number of rotatable bonds is 5. The number of esters is 1. The second-order valence-electron chi connectivity index (χ2n) is 5.37. The van der Waals surface area contributed by atoms with E-state index in [0.29, 0.717) is 37.6 Å². The van der Waals surface area contributed by atoms with E-state index >= 15 is 0 Å². The number of hydrogen-bond acceptors (Lipinski definition) is 6. The Balaban J connectivity index is 1.76. The molecule has 0 aliphatic carbocycles. The molecule has 0 saturated carbocycles. The molecule has 120 valence electrons. The number of aliphatic hydroxyl groups is 1. The van der Waals surface area contributed by atoms with Crippen molar-refractivity contribution in [2.75, 3.05) is 40.0 Å². The van der Waals surface area contributed by atoms with Gasteiger partial charge in [-0.2, -0.15) is 0 Å². The molecule has 0 aromatic carbocycles. The topological polar surface area (TPSA) is 77.1 Å². The lowest BCUT2D eigenvalue weighted by Gasteiger charge is -2.28. The van der Waals surface area contributed by atoms with E-state index < -0.39 is 12.1 Å². The molecule has 1 unspecified atom stereocenters. The van der Waals surface area contributed by atoms with Crippen LogP contribution in [0.3, 0.4) is 0 Å². The molecule has 2 aromatic rings. The summed E-state index contributed by atoms with van der Waals surface area (Å²) >= 11 is 0. The summed E-state index contributed by atoms with van der Waals surface area (Å²) in [6.45, 7) is 3.86. The molecule has 0 radical (unpaired) electrons.